The normalized spacial score (nSPS) is 27.1. The number of benzene rings is 1. The topological polar surface area (TPSA) is 73.8 Å². The third kappa shape index (κ3) is 2.81. The van der Waals surface area contributed by atoms with E-state index in [1.54, 1.807) is 11.3 Å². The fraction of sp³-hybridized carbons (Fsp3) is 0.389. The minimum atomic E-state index is -0.737. The molecule has 2 atom stereocenters. The molecule has 0 radical (unpaired) electrons. The SMILES string of the molecule is CC1(C)CC2(CC(c3cccs3)c3ccc(O)c(O)c3O2)NC(=S)N1. The van der Waals surface area contributed by atoms with Crippen LogP contribution in [0.4, 0.5) is 0 Å². The Bertz CT molecular complexity index is 835. The molecule has 25 heavy (non-hydrogen) atoms. The first kappa shape index (κ1) is 16.5. The van der Waals surface area contributed by atoms with Crippen molar-refractivity contribution >= 4 is 28.7 Å². The van der Waals surface area contributed by atoms with Crippen molar-refractivity contribution in [1.29, 1.82) is 0 Å². The van der Waals surface area contributed by atoms with Crippen LogP contribution in [0.15, 0.2) is 29.6 Å². The number of fused-ring (bicyclic) bond motifs is 1. The van der Waals surface area contributed by atoms with Gasteiger partial charge >= 0.3 is 0 Å². The van der Waals surface area contributed by atoms with Gasteiger partial charge in [0.1, 0.15) is 0 Å². The molecule has 1 aromatic heterocycles. The lowest BCUT2D eigenvalue weighted by Gasteiger charge is -2.50. The van der Waals surface area contributed by atoms with Crippen molar-refractivity contribution < 1.29 is 14.9 Å². The molecule has 5 nitrogen and oxygen atoms in total. The summed E-state index contributed by atoms with van der Waals surface area (Å²) < 4.78 is 6.26. The van der Waals surface area contributed by atoms with E-state index < -0.39 is 5.72 Å². The molecule has 7 heteroatoms. The molecule has 0 aliphatic carbocycles. The van der Waals surface area contributed by atoms with Crippen molar-refractivity contribution in [3.8, 4) is 17.2 Å². The van der Waals surface area contributed by atoms with Crippen LogP contribution in [0.25, 0.3) is 0 Å². The van der Waals surface area contributed by atoms with E-state index in [4.69, 9.17) is 17.0 Å². The van der Waals surface area contributed by atoms with E-state index in [1.807, 2.05) is 17.5 Å². The molecule has 1 fully saturated rings. The average molecular weight is 377 g/mol. The van der Waals surface area contributed by atoms with Gasteiger partial charge in [-0.3, -0.25) is 0 Å². The van der Waals surface area contributed by atoms with Crippen LogP contribution in [0, 0.1) is 0 Å². The number of phenolic OH excluding ortho intramolecular Hbond substituents is 2. The molecular formula is C18H20N2O3S2. The lowest BCUT2D eigenvalue weighted by atomic mass is 9.79. The van der Waals surface area contributed by atoms with E-state index in [2.05, 4.69) is 30.5 Å². The zero-order chi connectivity index (χ0) is 17.8. The summed E-state index contributed by atoms with van der Waals surface area (Å²) in [6.45, 7) is 4.15. The summed E-state index contributed by atoms with van der Waals surface area (Å²) in [7, 11) is 0. The molecule has 2 aliphatic rings. The van der Waals surface area contributed by atoms with Gasteiger partial charge in [-0.15, -0.1) is 11.3 Å². The van der Waals surface area contributed by atoms with Crippen molar-refractivity contribution in [1.82, 2.24) is 10.6 Å². The summed E-state index contributed by atoms with van der Waals surface area (Å²) in [5.41, 5.74) is -0.0992. The van der Waals surface area contributed by atoms with Gasteiger partial charge < -0.3 is 25.6 Å². The minimum Gasteiger partial charge on any atom is -0.504 e. The lowest BCUT2D eigenvalue weighted by molar-refractivity contribution is -0.0147. The smallest absolute Gasteiger partial charge is 0.200 e. The molecular weight excluding hydrogens is 356 g/mol. The predicted octanol–water partition coefficient (Wildman–Crippen LogP) is 3.42. The minimum absolute atomic E-state index is 0.0550. The fourth-order valence-corrected chi connectivity index (χ4v) is 5.22. The molecule has 3 heterocycles. The predicted molar refractivity (Wildman–Crippen MR) is 101 cm³/mol. The number of aromatic hydroxyl groups is 2. The first-order valence-corrected chi connectivity index (χ1v) is 9.45. The van der Waals surface area contributed by atoms with Gasteiger partial charge in [0.15, 0.2) is 22.3 Å². The van der Waals surface area contributed by atoms with Crippen LogP contribution in [0.5, 0.6) is 17.2 Å². The molecule has 4 rings (SSSR count). The average Bonchev–Trinajstić information content (AvgIpc) is 3.02. The lowest BCUT2D eigenvalue weighted by Crippen LogP contribution is -2.69. The number of nitrogens with one attached hydrogen (secondary N) is 2. The van der Waals surface area contributed by atoms with E-state index in [0.717, 1.165) is 5.56 Å². The third-order valence-corrected chi connectivity index (χ3v) is 5.94. The second kappa shape index (κ2) is 5.51. The van der Waals surface area contributed by atoms with E-state index >= 15 is 0 Å². The van der Waals surface area contributed by atoms with E-state index in [0.29, 0.717) is 23.7 Å². The number of phenols is 2. The number of thiophene rings is 1. The highest BCUT2D eigenvalue weighted by atomic mass is 32.1. The largest absolute Gasteiger partial charge is 0.504 e. The van der Waals surface area contributed by atoms with Gasteiger partial charge in [0.05, 0.1) is 0 Å². The Kier molecular flexibility index (Phi) is 3.63. The van der Waals surface area contributed by atoms with Gasteiger partial charge in [0, 0.05) is 34.7 Å². The highest BCUT2D eigenvalue weighted by Crippen LogP contribution is 2.52. The van der Waals surface area contributed by atoms with Crippen molar-refractivity contribution in [3.05, 3.63) is 40.1 Å². The summed E-state index contributed by atoms with van der Waals surface area (Å²) in [4.78, 5) is 1.19. The summed E-state index contributed by atoms with van der Waals surface area (Å²) in [5.74, 6) is -0.0178. The molecule has 2 aromatic rings. The molecule has 1 spiro atoms. The van der Waals surface area contributed by atoms with E-state index in [-0.39, 0.29) is 23.0 Å². The molecule has 0 bridgehead atoms. The van der Waals surface area contributed by atoms with E-state index in [9.17, 15) is 10.2 Å². The Hall–Kier alpha value is -1.99. The molecule has 1 aromatic carbocycles. The Balaban J connectivity index is 1.85. The summed E-state index contributed by atoms with van der Waals surface area (Å²) in [6, 6.07) is 7.45. The monoisotopic (exact) mass is 376 g/mol. The number of ether oxygens (including phenoxy) is 1. The standard InChI is InChI=1S/C18H20N2O3S2/c1-17(2)9-18(20-16(24)19-17)8-11(13-4-3-7-25-13)10-5-6-12(21)14(22)15(10)23-18/h3-7,11,21-22H,8-9H2,1-2H3,(H2,19,20,24). The van der Waals surface area contributed by atoms with Crippen molar-refractivity contribution in [2.75, 3.05) is 0 Å². The summed E-state index contributed by atoms with van der Waals surface area (Å²) in [6.07, 6.45) is 1.35. The van der Waals surface area contributed by atoms with Gasteiger partial charge in [0.25, 0.3) is 0 Å². The first-order valence-electron chi connectivity index (χ1n) is 8.16. The van der Waals surface area contributed by atoms with Crippen LogP contribution in [-0.2, 0) is 0 Å². The molecule has 2 unspecified atom stereocenters. The van der Waals surface area contributed by atoms with Crippen LogP contribution in [0.1, 0.15) is 43.0 Å². The summed E-state index contributed by atoms with van der Waals surface area (Å²) >= 11 is 7.07. The second-order valence-corrected chi connectivity index (χ2v) is 8.75. The fourth-order valence-electron chi connectivity index (χ4n) is 3.91. The maximum atomic E-state index is 10.4. The maximum Gasteiger partial charge on any atom is 0.200 e. The van der Waals surface area contributed by atoms with Crippen LogP contribution in [0.2, 0.25) is 0 Å². The molecule has 0 saturated carbocycles. The van der Waals surface area contributed by atoms with Gasteiger partial charge in [-0.2, -0.15) is 0 Å². The molecule has 132 valence electrons. The van der Waals surface area contributed by atoms with Crippen LogP contribution in [-0.4, -0.2) is 26.6 Å². The molecule has 2 aliphatic heterocycles. The second-order valence-electron chi connectivity index (χ2n) is 7.36. The Morgan fingerprint density at radius 1 is 1.24 bits per heavy atom. The number of thiocarbonyl (C=S) groups is 1. The summed E-state index contributed by atoms with van der Waals surface area (Å²) in [5, 5.41) is 29.5. The zero-order valence-corrected chi connectivity index (χ0v) is 15.6. The van der Waals surface area contributed by atoms with Crippen molar-refractivity contribution in [2.24, 2.45) is 0 Å². The molecule has 4 N–H and O–H groups in total. The van der Waals surface area contributed by atoms with Crippen LogP contribution < -0.4 is 15.4 Å². The Labute approximate surface area is 155 Å². The van der Waals surface area contributed by atoms with Crippen molar-refractivity contribution in [2.45, 2.75) is 43.9 Å². The van der Waals surface area contributed by atoms with Gasteiger partial charge in [-0.05, 0) is 43.6 Å². The Morgan fingerprint density at radius 2 is 2.04 bits per heavy atom. The quantitative estimate of drug-likeness (QED) is 0.452. The van der Waals surface area contributed by atoms with Gasteiger partial charge in [0.2, 0.25) is 5.75 Å². The third-order valence-electron chi connectivity index (χ3n) is 4.75. The number of hydrogen-bond donors (Lipinski definition) is 4. The molecule has 0 amide bonds. The van der Waals surface area contributed by atoms with Gasteiger partial charge in [-0.25, -0.2) is 0 Å². The van der Waals surface area contributed by atoms with Crippen LogP contribution >= 0.6 is 23.6 Å². The number of hydrogen-bond acceptors (Lipinski definition) is 5. The Morgan fingerprint density at radius 3 is 2.72 bits per heavy atom. The van der Waals surface area contributed by atoms with Gasteiger partial charge in [-0.1, -0.05) is 12.1 Å². The van der Waals surface area contributed by atoms with Crippen LogP contribution in [0.3, 0.4) is 0 Å². The highest BCUT2D eigenvalue weighted by molar-refractivity contribution is 7.80. The van der Waals surface area contributed by atoms with E-state index in [1.165, 1.54) is 10.9 Å². The number of rotatable bonds is 1. The highest BCUT2D eigenvalue weighted by Gasteiger charge is 2.49. The molecule has 1 saturated heterocycles. The zero-order valence-electron chi connectivity index (χ0n) is 14.0. The maximum absolute atomic E-state index is 10.4. The first-order chi connectivity index (χ1) is 11.8. The van der Waals surface area contributed by atoms with Crippen molar-refractivity contribution in [3.63, 3.8) is 0 Å².